The van der Waals surface area contributed by atoms with Gasteiger partial charge in [0, 0.05) is 23.0 Å². The van der Waals surface area contributed by atoms with E-state index >= 15 is 0 Å². The van der Waals surface area contributed by atoms with Crippen molar-refractivity contribution >= 4 is 21.8 Å². The molecule has 1 aromatic heterocycles. The van der Waals surface area contributed by atoms with E-state index in [1.807, 2.05) is 29.2 Å². The van der Waals surface area contributed by atoms with Crippen molar-refractivity contribution in [2.75, 3.05) is 6.54 Å². The van der Waals surface area contributed by atoms with Gasteiger partial charge in [-0.3, -0.25) is 4.79 Å². The van der Waals surface area contributed by atoms with Crippen molar-refractivity contribution in [1.29, 1.82) is 0 Å². The Morgan fingerprint density at radius 3 is 2.68 bits per heavy atom. The van der Waals surface area contributed by atoms with Crippen molar-refractivity contribution in [1.82, 2.24) is 15.0 Å². The van der Waals surface area contributed by atoms with Gasteiger partial charge in [-0.15, -0.1) is 0 Å². The van der Waals surface area contributed by atoms with E-state index in [9.17, 15) is 4.79 Å². The minimum absolute atomic E-state index is 0.0312. The van der Waals surface area contributed by atoms with E-state index in [2.05, 4.69) is 46.8 Å². The Balaban J connectivity index is 1.81. The highest BCUT2D eigenvalue weighted by atomic mass is 79.9. The molecule has 1 aromatic carbocycles. The largest absolute Gasteiger partial charge is 0.337 e. The number of likely N-dealkylation sites (tertiary alicyclic amines) is 1. The molecule has 2 heterocycles. The molecule has 0 N–H and O–H groups in total. The third kappa shape index (κ3) is 4.48. The van der Waals surface area contributed by atoms with Crippen LogP contribution in [-0.4, -0.2) is 27.5 Å². The topological polar surface area (TPSA) is 59.2 Å². The van der Waals surface area contributed by atoms with Crippen LogP contribution in [0.15, 0.2) is 33.3 Å². The highest BCUT2D eigenvalue weighted by Gasteiger charge is 2.33. The summed E-state index contributed by atoms with van der Waals surface area (Å²) < 4.78 is 6.54. The third-order valence-corrected chi connectivity index (χ3v) is 4.86. The lowest BCUT2D eigenvalue weighted by molar-refractivity contribution is -0.137. The zero-order valence-corrected chi connectivity index (χ0v) is 16.5. The van der Waals surface area contributed by atoms with Crippen LogP contribution in [0.25, 0.3) is 11.4 Å². The van der Waals surface area contributed by atoms with E-state index < -0.39 is 0 Å². The molecule has 2 aromatic rings. The van der Waals surface area contributed by atoms with Gasteiger partial charge in [0.1, 0.15) is 6.04 Å². The lowest BCUT2D eigenvalue weighted by Gasteiger charge is -2.35. The van der Waals surface area contributed by atoms with Crippen LogP contribution >= 0.6 is 15.9 Å². The normalized spacial score (nSPS) is 18.4. The van der Waals surface area contributed by atoms with Gasteiger partial charge in [-0.2, -0.15) is 4.98 Å². The summed E-state index contributed by atoms with van der Waals surface area (Å²) in [6, 6.07) is 7.68. The maximum Gasteiger partial charge on any atom is 0.249 e. The molecule has 0 spiro atoms. The zero-order chi connectivity index (χ0) is 18.0. The molecule has 1 atom stereocenters. The number of aromatic nitrogens is 2. The maximum absolute atomic E-state index is 12.7. The summed E-state index contributed by atoms with van der Waals surface area (Å²) in [4.78, 5) is 19.2. The van der Waals surface area contributed by atoms with E-state index in [0.717, 1.165) is 35.8 Å². The number of amides is 1. The van der Waals surface area contributed by atoms with Crippen LogP contribution in [0.3, 0.4) is 0 Å². The molecule has 134 valence electrons. The Morgan fingerprint density at radius 2 is 2.00 bits per heavy atom. The third-order valence-electron chi connectivity index (χ3n) is 4.33. The van der Waals surface area contributed by atoms with E-state index in [4.69, 9.17) is 4.52 Å². The first-order valence-electron chi connectivity index (χ1n) is 8.72. The number of halogens is 1. The van der Waals surface area contributed by atoms with Gasteiger partial charge in [0.2, 0.25) is 17.6 Å². The number of piperidine rings is 1. The van der Waals surface area contributed by atoms with Crippen molar-refractivity contribution in [3.8, 4) is 11.4 Å². The number of rotatable bonds is 3. The smallest absolute Gasteiger partial charge is 0.249 e. The number of benzene rings is 1. The minimum Gasteiger partial charge on any atom is -0.337 e. The Hall–Kier alpha value is -1.69. The summed E-state index contributed by atoms with van der Waals surface area (Å²) in [5.41, 5.74) is 0.873. The van der Waals surface area contributed by atoms with Crippen molar-refractivity contribution in [3.05, 3.63) is 34.6 Å². The molecule has 1 unspecified atom stereocenters. The molecule has 5 nitrogen and oxygen atoms in total. The first-order chi connectivity index (χ1) is 11.8. The number of hydrogen-bond acceptors (Lipinski definition) is 4. The van der Waals surface area contributed by atoms with Gasteiger partial charge in [-0.05, 0) is 48.9 Å². The van der Waals surface area contributed by atoms with Crippen molar-refractivity contribution in [3.63, 3.8) is 0 Å². The fourth-order valence-corrected chi connectivity index (χ4v) is 3.39. The summed E-state index contributed by atoms with van der Waals surface area (Å²) in [7, 11) is 0. The fraction of sp³-hybridized carbons (Fsp3) is 0.526. The zero-order valence-electron chi connectivity index (χ0n) is 15.0. The van der Waals surface area contributed by atoms with Crippen LogP contribution in [0.5, 0.6) is 0 Å². The Bertz CT molecular complexity index is 734. The van der Waals surface area contributed by atoms with Crippen LogP contribution in [0.4, 0.5) is 0 Å². The first kappa shape index (κ1) is 18.1. The molecular weight excluding hydrogens is 382 g/mol. The minimum atomic E-state index is -0.111. The first-order valence-corrected chi connectivity index (χ1v) is 9.52. The maximum atomic E-state index is 12.7. The van der Waals surface area contributed by atoms with Gasteiger partial charge in [0.05, 0.1) is 0 Å². The number of nitrogens with zero attached hydrogens (tertiary/aromatic N) is 3. The second-order valence-electron chi connectivity index (χ2n) is 7.80. The standard InChI is InChI=1S/C19H24BrN3O2/c1-19(2,3)12-16(24)23-11-5-4-6-15(23)18-21-17(22-25-18)13-7-9-14(20)10-8-13/h7-10,15H,4-6,11-12H2,1-3H3. The van der Waals surface area contributed by atoms with Crippen molar-refractivity contribution in [2.24, 2.45) is 5.41 Å². The van der Waals surface area contributed by atoms with Gasteiger partial charge in [-0.25, -0.2) is 0 Å². The van der Waals surface area contributed by atoms with Crippen molar-refractivity contribution < 1.29 is 9.32 Å². The second-order valence-corrected chi connectivity index (χ2v) is 8.71. The Labute approximate surface area is 156 Å². The molecule has 3 rings (SSSR count). The van der Waals surface area contributed by atoms with E-state index in [1.54, 1.807) is 0 Å². The highest BCUT2D eigenvalue weighted by Crippen LogP contribution is 2.33. The molecule has 1 aliphatic rings. The predicted octanol–water partition coefficient (Wildman–Crippen LogP) is 4.99. The molecule has 0 aliphatic carbocycles. The van der Waals surface area contributed by atoms with E-state index in [-0.39, 0.29) is 17.4 Å². The molecule has 1 saturated heterocycles. The van der Waals surface area contributed by atoms with Crippen LogP contribution in [0.1, 0.15) is 58.4 Å². The molecule has 0 saturated carbocycles. The van der Waals surface area contributed by atoms with Gasteiger partial charge in [0.25, 0.3) is 0 Å². The molecule has 1 fully saturated rings. The van der Waals surface area contributed by atoms with Crippen LogP contribution in [-0.2, 0) is 4.79 Å². The van der Waals surface area contributed by atoms with Crippen LogP contribution in [0, 0.1) is 5.41 Å². The second kappa shape index (κ2) is 7.28. The lowest BCUT2D eigenvalue weighted by Crippen LogP contribution is -2.40. The van der Waals surface area contributed by atoms with Crippen LogP contribution < -0.4 is 0 Å². The molecule has 25 heavy (non-hydrogen) atoms. The summed E-state index contributed by atoms with van der Waals surface area (Å²) in [5.74, 6) is 1.27. The van der Waals surface area contributed by atoms with Crippen LogP contribution in [0.2, 0.25) is 0 Å². The van der Waals surface area contributed by atoms with Crippen molar-refractivity contribution in [2.45, 2.75) is 52.5 Å². The van der Waals surface area contributed by atoms with Gasteiger partial charge < -0.3 is 9.42 Å². The predicted molar refractivity (Wildman–Crippen MR) is 99.8 cm³/mol. The Morgan fingerprint density at radius 1 is 1.28 bits per heavy atom. The average molecular weight is 406 g/mol. The number of carbonyl (C=O) groups excluding carboxylic acids is 1. The van der Waals surface area contributed by atoms with E-state index in [0.29, 0.717) is 18.1 Å². The summed E-state index contributed by atoms with van der Waals surface area (Å²) in [5, 5.41) is 4.12. The molecule has 0 bridgehead atoms. The molecule has 1 amide bonds. The summed E-state index contributed by atoms with van der Waals surface area (Å²) >= 11 is 3.42. The molecular formula is C19H24BrN3O2. The molecule has 1 aliphatic heterocycles. The average Bonchev–Trinajstić information content (AvgIpc) is 3.04. The SMILES string of the molecule is CC(C)(C)CC(=O)N1CCCCC1c1nc(-c2ccc(Br)cc2)no1. The van der Waals surface area contributed by atoms with Gasteiger partial charge in [0.15, 0.2) is 0 Å². The van der Waals surface area contributed by atoms with E-state index in [1.165, 1.54) is 0 Å². The summed E-state index contributed by atoms with van der Waals surface area (Å²) in [6.45, 7) is 7.02. The Kier molecular flexibility index (Phi) is 5.27. The number of hydrogen-bond donors (Lipinski definition) is 0. The summed E-state index contributed by atoms with van der Waals surface area (Å²) in [6.07, 6.45) is 3.50. The van der Waals surface area contributed by atoms with Gasteiger partial charge in [-0.1, -0.05) is 41.9 Å². The highest BCUT2D eigenvalue weighted by molar-refractivity contribution is 9.10. The molecule has 0 radical (unpaired) electrons. The monoisotopic (exact) mass is 405 g/mol. The fourth-order valence-electron chi connectivity index (χ4n) is 3.13. The lowest BCUT2D eigenvalue weighted by atomic mass is 9.90. The quantitative estimate of drug-likeness (QED) is 0.721. The van der Waals surface area contributed by atoms with Gasteiger partial charge >= 0.3 is 0 Å². The number of carbonyl (C=O) groups is 1. The molecule has 6 heteroatoms.